The van der Waals surface area contributed by atoms with Gasteiger partial charge < -0.3 is 4.98 Å². The molecule has 1 aliphatic rings. The predicted molar refractivity (Wildman–Crippen MR) is 109 cm³/mol. The highest BCUT2D eigenvalue weighted by Gasteiger charge is 2.32. The van der Waals surface area contributed by atoms with Crippen molar-refractivity contribution in [2.45, 2.75) is 6.18 Å². The highest BCUT2D eigenvalue weighted by molar-refractivity contribution is 6.24. The van der Waals surface area contributed by atoms with Crippen molar-refractivity contribution in [2.24, 2.45) is 0 Å². The first-order valence-corrected chi connectivity index (χ1v) is 9.20. The number of nitrogens with one attached hydrogen (secondary N) is 2. The van der Waals surface area contributed by atoms with Crippen LogP contribution in [0.15, 0.2) is 79.0 Å². The van der Waals surface area contributed by atoms with Crippen LogP contribution in [-0.4, -0.2) is 11.2 Å². The number of aromatic amines is 1. The van der Waals surface area contributed by atoms with Crippen LogP contribution in [0.1, 0.15) is 22.3 Å². The second-order valence-electron chi connectivity index (χ2n) is 6.95. The van der Waals surface area contributed by atoms with Gasteiger partial charge in [-0.25, -0.2) is 4.99 Å². The van der Waals surface area contributed by atoms with Gasteiger partial charge in [0, 0.05) is 34.3 Å². The van der Waals surface area contributed by atoms with Gasteiger partial charge in [0.25, 0.3) is 0 Å². The SMILES string of the molecule is FC(F)(F)c1cccc(/C(=C2/C=[NH+]c3ccccc32)c2c[nH]c3ccccc23)c1. The molecule has 0 unspecified atom stereocenters. The van der Waals surface area contributed by atoms with Gasteiger partial charge in [0.2, 0.25) is 5.69 Å². The van der Waals surface area contributed by atoms with Crippen LogP contribution in [0, 0.1) is 0 Å². The molecule has 0 amide bonds. The van der Waals surface area contributed by atoms with E-state index >= 15 is 0 Å². The Balaban J connectivity index is 1.83. The number of aromatic nitrogens is 1. The van der Waals surface area contributed by atoms with Gasteiger partial charge in [0.1, 0.15) is 0 Å². The molecule has 4 aromatic rings. The molecular formula is C24H16F3N2+. The molecule has 0 bridgehead atoms. The number of hydrogen-bond acceptors (Lipinski definition) is 0. The molecule has 3 aromatic carbocycles. The summed E-state index contributed by atoms with van der Waals surface area (Å²) in [6.07, 6.45) is -0.675. The van der Waals surface area contributed by atoms with Crippen molar-refractivity contribution in [1.29, 1.82) is 0 Å². The Labute approximate surface area is 165 Å². The molecule has 2 N–H and O–H groups in total. The first kappa shape index (κ1) is 17.5. The quantitative estimate of drug-likeness (QED) is 0.486. The maximum Gasteiger partial charge on any atom is 0.416 e. The van der Waals surface area contributed by atoms with E-state index in [2.05, 4.69) is 9.98 Å². The molecule has 0 aliphatic carbocycles. The number of fused-ring (bicyclic) bond motifs is 2. The Morgan fingerprint density at radius 3 is 2.52 bits per heavy atom. The maximum atomic E-state index is 13.4. The molecule has 0 saturated carbocycles. The van der Waals surface area contributed by atoms with Gasteiger partial charge in [-0.15, -0.1) is 0 Å². The van der Waals surface area contributed by atoms with Crippen LogP contribution in [0.4, 0.5) is 18.9 Å². The van der Waals surface area contributed by atoms with Crippen molar-refractivity contribution >= 4 is 34.0 Å². The molecule has 142 valence electrons. The van der Waals surface area contributed by atoms with Gasteiger partial charge in [-0.2, -0.15) is 13.2 Å². The summed E-state index contributed by atoms with van der Waals surface area (Å²) in [7, 11) is 0. The zero-order valence-corrected chi connectivity index (χ0v) is 15.2. The molecule has 29 heavy (non-hydrogen) atoms. The normalized spacial score (nSPS) is 15.0. The summed E-state index contributed by atoms with van der Waals surface area (Å²) in [5, 5.41) is 0.963. The van der Waals surface area contributed by atoms with Gasteiger partial charge in [-0.1, -0.05) is 42.5 Å². The molecule has 2 nitrogen and oxygen atoms in total. The van der Waals surface area contributed by atoms with Crippen molar-refractivity contribution < 1.29 is 18.2 Å². The third-order valence-corrected chi connectivity index (χ3v) is 5.20. The van der Waals surface area contributed by atoms with E-state index in [4.69, 9.17) is 0 Å². The van der Waals surface area contributed by atoms with Crippen LogP contribution < -0.4 is 4.99 Å². The Kier molecular flexibility index (Phi) is 3.91. The average molecular weight is 389 g/mol. The van der Waals surface area contributed by atoms with Crippen LogP contribution >= 0.6 is 0 Å². The third kappa shape index (κ3) is 2.95. The zero-order chi connectivity index (χ0) is 20.0. The Bertz CT molecular complexity index is 1290. The lowest BCUT2D eigenvalue weighted by atomic mass is 9.89. The Hall–Kier alpha value is -3.60. The highest BCUT2D eigenvalue weighted by Crippen LogP contribution is 2.39. The summed E-state index contributed by atoms with van der Waals surface area (Å²) in [6, 6.07) is 21.1. The van der Waals surface area contributed by atoms with E-state index in [-0.39, 0.29) is 0 Å². The number of benzene rings is 3. The zero-order valence-electron chi connectivity index (χ0n) is 15.2. The first-order valence-electron chi connectivity index (χ1n) is 9.20. The van der Waals surface area contributed by atoms with Crippen LogP contribution in [0.5, 0.6) is 0 Å². The minimum absolute atomic E-state index is 0.523. The monoisotopic (exact) mass is 389 g/mol. The largest absolute Gasteiger partial charge is 0.416 e. The minimum atomic E-state index is -4.40. The number of alkyl halides is 3. The topological polar surface area (TPSA) is 29.8 Å². The van der Waals surface area contributed by atoms with E-state index < -0.39 is 11.7 Å². The second kappa shape index (κ2) is 6.48. The van der Waals surface area contributed by atoms with Crippen LogP contribution in [0.3, 0.4) is 0 Å². The lowest BCUT2D eigenvalue weighted by molar-refractivity contribution is -0.342. The van der Waals surface area contributed by atoms with Crippen LogP contribution in [0.2, 0.25) is 0 Å². The van der Waals surface area contributed by atoms with Crippen molar-refractivity contribution in [3.8, 4) is 0 Å². The number of allylic oxidation sites excluding steroid dienone is 1. The summed E-state index contributed by atoms with van der Waals surface area (Å²) < 4.78 is 40.2. The fraction of sp³-hybridized carbons (Fsp3) is 0.0417. The second-order valence-corrected chi connectivity index (χ2v) is 6.95. The highest BCUT2D eigenvalue weighted by atomic mass is 19.4. The average Bonchev–Trinajstić information content (AvgIpc) is 3.34. The van der Waals surface area contributed by atoms with E-state index in [0.29, 0.717) is 5.56 Å². The van der Waals surface area contributed by atoms with Crippen molar-refractivity contribution in [3.63, 3.8) is 0 Å². The number of halogens is 3. The lowest BCUT2D eigenvalue weighted by Gasteiger charge is -2.13. The van der Waals surface area contributed by atoms with E-state index in [9.17, 15) is 13.2 Å². The molecule has 0 atom stereocenters. The summed E-state index contributed by atoms with van der Waals surface area (Å²) in [6.45, 7) is 0. The minimum Gasteiger partial charge on any atom is -0.361 e. The Morgan fingerprint density at radius 1 is 0.862 bits per heavy atom. The van der Waals surface area contributed by atoms with Gasteiger partial charge in [-0.05, 0) is 29.8 Å². The molecule has 0 spiro atoms. The summed E-state index contributed by atoms with van der Waals surface area (Å²) >= 11 is 0. The molecule has 1 aliphatic heterocycles. The van der Waals surface area contributed by atoms with Crippen molar-refractivity contribution in [1.82, 2.24) is 4.98 Å². The van der Waals surface area contributed by atoms with Gasteiger partial charge in [-0.3, -0.25) is 0 Å². The first-order chi connectivity index (χ1) is 14.0. The smallest absolute Gasteiger partial charge is 0.361 e. The maximum absolute atomic E-state index is 13.4. The van der Waals surface area contributed by atoms with Gasteiger partial charge >= 0.3 is 6.18 Å². The number of H-pyrrole nitrogens is 1. The van der Waals surface area contributed by atoms with Crippen molar-refractivity contribution in [3.05, 3.63) is 101 Å². The molecule has 0 radical (unpaired) electrons. The number of para-hydroxylation sites is 2. The van der Waals surface area contributed by atoms with Crippen LogP contribution in [0.25, 0.3) is 22.0 Å². The molecule has 0 saturated heterocycles. The fourth-order valence-corrected chi connectivity index (χ4v) is 3.86. The number of rotatable bonds is 2. The Morgan fingerprint density at radius 2 is 1.66 bits per heavy atom. The van der Waals surface area contributed by atoms with Gasteiger partial charge in [0.15, 0.2) is 6.21 Å². The summed E-state index contributed by atoms with van der Waals surface area (Å²) in [5.74, 6) is 0. The van der Waals surface area contributed by atoms with E-state index in [1.54, 1.807) is 6.07 Å². The fourth-order valence-electron chi connectivity index (χ4n) is 3.86. The lowest BCUT2D eigenvalue weighted by Crippen LogP contribution is -2.58. The van der Waals surface area contributed by atoms with Crippen LogP contribution in [-0.2, 0) is 6.18 Å². The molecule has 5 heteroatoms. The number of hydrogen-bond donors (Lipinski definition) is 2. The predicted octanol–water partition coefficient (Wildman–Crippen LogP) is 4.94. The standard InChI is InChI=1S/C24H15F3N2/c25-24(26,27)16-7-5-6-15(12-16)23(19-13-28-21-10-3-1-8-17(19)21)20-14-29-22-11-4-2-9-18(20)22/h1-14,28H/p+1/b23-20+. The summed E-state index contributed by atoms with van der Waals surface area (Å²) in [5.41, 5.74) is 5.19. The third-order valence-electron chi connectivity index (χ3n) is 5.20. The molecule has 2 heterocycles. The van der Waals surface area contributed by atoms with Crippen molar-refractivity contribution in [2.75, 3.05) is 0 Å². The molecule has 1 aromatic heterocycles. The molecule has 5 rings (SSSR count). The van der Waals surface area contributed by atoms with E-state index in [1.807, 2.05) is 60.9 Å². The van der Waals surface area contributed by atoms with E-state index in [1.165, 1.54) is 12.1 Å². The molecular weight excluding hydrogens is 373 g/mol. The molecule has 0 fully saturated rings. The van der Waals surface area contributed by atoms with E-state index in [0.717, 1.165) is 44.9 Å². The summed E-state index contributed by atoms with van der Waals surface area (Å²) in [4.78, 5) is 6.48. The van der Waals surface area contributed by atoms with Gasteiger partial charge in [0.05, 0.1) is 16.7 Å².